The Bertz CT molecular complexity index is 1540. The summed E-state index contributed by atoms with van der Waals surface area (Å²) >= 11 is 1.49. The van der Waals surface area contributed by atoms with Crippen LogP contribution in [0.5, 0.6) is 0 Å². The fourth-order valence-electron chi connectivity index (χ4n) is 4.82. The molecule has 1 amide bonds. The second-order valence-corrected chi connectivity index (χ2v) is 12.5. The Hall–Kier alpha value is -2.95. The average Bonchev–Trinajstić information content (AvgIpc) is 3.08. The van der Waals surface area contributed by atoms with E-state index in [1.165, 1.54) is 11.8 Å². The maximum atomic E-state index is 13.0. The zero-order valence-corrected chi connectivity index (χ0v) is 22.7. The highest BCUT2D eigenvalue weighted by atomic mass is 32.2. The van der Waals surface area contributed by atoms with Gasteiger partial charge >= 0.3 is 0 Å². The first-order valence-corrected chi connectivity index (χ1v) is 15.0. The van der Waals surface area contributed by atoms with Crippen LogP contribution in [0.3, 0.4) is 0 Å². The number of rotatable bonds is 7. The third kappa shape index (κ3) is 5.37. The Morgan fingerprint density at radius 3 is 2.43 bits per heavy atom. The lowest BCUT2D eigenvalue weighted by Gasteiger charge is -2.20. The number of anilines is 1. The van der Waals surface area contributed by atoms with Crippen LogP contribution >= 0.6 is 11.8 Å². The van der Waals surface area contributed by atoms with E-state index in [0.29, 0.717) is 24.5 Å². The lowest BCUT2D eigenvalue weighted by atomic mass is 10.1. The van der Waals surface area contributed by atoms with Gasteiger partial charge in [-0.3, -0.25) is 9.20 Å². The Morgan fingerprint density at radius 1 is 0.973 bits per heavy atom. The molecule has 5 rings (SSSR count). The lowest BCUT2D eigenvalue weighted by molar-refractivity contribution is -0.115. The predicted octanol–water partition coefficient (Wildman–Crippen LogP) is 5.18. The van der Waals surface area contributed by atoms with Crippen LogP contribution in [0.4, 0.5) is 5.69 Å². The van der Waals surface area contributed by atoms with E-state index in [1.54, 1.807) is 28.6 Å². The Morgan fingerprint density at radius 2 is 1.70 bits per heavy atom. The molecule has 0 aliphatic carbocycles. The maximum Gasteiger partial charge on any atom is 0.243 e. The van der Waals surface area contributed by atoms with Gasteiger partial charge in [0.15, 0.2) is 10.8 Å². The smallest absolute Gasteiger partial charge is 0.243 e. The van der Waals surface area contributed by atoms with Crippen molar-refractivity contribution in [3.8, 4) is 0 Å². The Kier molecular flexibility index (Phi) is 7.50. The van der Waals surface area contributed by atoms with Gasteiger partial charge in [-0.1, -0.05) is 42.8 Å². The summed E-state index contributed by atoms with van der Waals surface area (Å²) in [5.41, 5.74) is 4.76. The average molecular weight is 538 g/mol. The van der Waals surface area contributed by atoms with E-state index in [-0.39, 0.29) is 17.2 Å². The van der Waals surface area contributed by atoms with Crippen molar-refractivity contribution in [2.75, 3.05) is 24.2 Å². The van der Waals surface area contributed by atoms with Crippen LogP contribution in [-0.2, 0) is 14.8 Å². The minimum atomic E-state index is -3.51. The highest BCUT2D eigenvalue weighted by Gasteiger charge is 2.25. The number of sulfonamides is 1. The van der Waals surface area contributed by atoms with Gasteiger partial charge in [0.1, 0.15) is 0 Å². The number of carbonyl (C=O) groups excluding carboxylic acids is 1. The molecule has 4 aromatic rings. The number of aromatic nitrogens is 3. The molecule has 2 aromatic carbocycles. The molecular weight excluding hydrogens is 506 g/mol. The zero-order chi connectivity index (χ0) is 26.0. The standard InChI is InChI=1S/C27H31N5O3S2/c1-19-8-7-9-23-20(2)18-24-29-30-27(32(24)26(19)23)36-17-14-25(33)28-21-10-12-22(13-11-21)37(34,35)31-15-5-3-4-6-16-31/h7-13,18H,3-6,14-17H2,1-2H3,(H,28,33). The normalized spacial score (nSPS) is 15.2. The van der Waals surface area contributed by atoms with E-state index >= 15 is 0 Å². The highest BCUT2D eigenvalue weighted by molar-refractivity contribution is 7.99. The molecule has 1 saturated heterocycles. The molecule has 1 aliphatic heterocycles. The van der Waals surface area contributed by atoms with Crippen molar-refractivity contribution >= 4 is 49.9 Å². The molecule has 1 N–H and O–H groups in total. The van der Waals surface area contributed by atoms with Gasteiger partial charge in [-0.25, -0.2) is 8.42 Å². The van der Waals surface area contributed by atoms with Crippen LogP contribution in [0, 0.1) is 13.8 Å². The molecule has 37 heavy (non-hydrogen) atoms. The summed E-state index contributed by atoms with van der Waals surface area (Å²) in [5.74, 6) is 0.399. The molecule has 0 atom stereocenters. The minimum absolute atomic E-state index is 0.138. The van der Waals surface area contributed by atoms with Crippen molar-refractivity contribution in [3.05, 3.63) is 59.7 Å². The zero-order valence-electron chi connectivity index (χ0n) is 21.1. The van der Waals surface area contributed by atoms with Gasteiger partial charge in [-0.05, 0) is 68.1 Å². The summed E-state index contributed by atoms with van der Waals surface area (Å²) in [6.45, 7) is 5.28. The quantitative estimate of drug-likeness (QED) is 0.326. The summed E-state index contributed by atoms with van der Waals surface area (Å²) in [4.78, 5) is 12.9. The van der Waals surface area contributed by atoms with Gasteiger partial charge in [-0.15, -0.1) is 10.2 Å². The van der Waals surface area contributed by atoms with Crippen LogP contribution in [0.2, 0.25) is 0 Å². The molecule has 2 aromatic heterocycles. The Balaban J connectivity index is 1.22. The van der Waals surface area contributed by atoms with Crippen molar-refractivity contribution < 1.29 is 13.2 Å². The number of amides is 1. The molecule has 10 heteroatoms. The number of para-hydroxylation sites is 1. The fourth-order valence-corrected chi connectivity index (χ4v) is 7.22. The third-order valence-electron chi connectivity index (χ3n) is 6.79. The van der Waals surface area contributed by atoms with Gasteiger partial charge in [0, 0.05) is 36.3 Å². The molecular formula is C27H31N5O3S2. The molecule has 0 saturated carbocycles. The van der Waals surface area contributed by atoms with Crippen molar-refractivity contribution in [1.29, 1.82) is 0 Å². The third-order valence-corrected chi connectivity index (χ3v) is 9.63. The maximum absolute atomic E-state index is 13.0. The van der Waals surface area contributed by atoms with Gasteiger partial charge in [0.25, 0.3) is 0 Å². The van der Waals surface area contributed by atoms with E-state index in [4.69, 9.17) is 0 Å². The van der Waals surface area contributed by atoms with Gasteiger partial charge < -0.3 is 5.32 Å². The van der Waals surface area contributed by atoms with E-state index in [1.807, 2.05) is 6.07 Å². The Labute approximate surface area is 221 Å². The lowest BCUT2D eigenvalue weighted by Crippen LogP contribution is -2.31. The number of nitrogens with one attached hydrogen (secondary N) is 1. The van der Waals surface area contributed by atoms with Crippen LogP contribution in [0.1, 0.15) is 43.2 Å². The minimum Gasteiger partial charge on any atom is -0.326 e. The molecule has 0 radical (unpaired) electrons. The molecule has 0 bridgehead atoms. The molecule has 0 unspecified atom stereocenters. The highest BCUT2D eigenvalue weighted by Crippen LogP contribution is 2.28. The van der Waals surface area contributed by atoms with E-state index < -0.39 is 10.0 Å². The molecule has 1 fully saturated rings. The van der Waals surface area contributed by atoms with Gasteiger partial charge in [0.2, 0.25) is 15.9 Å². The number of fused-ring (bicyclic) bond motifs is 3. The molecule has 3 heterocycles. The number of nitrogens with zero attached hydrogens (tertiary/aromatic N) is 4. The van der Waals surface area contributed by atoms with Crippen molar-refractivity contribution in [2.45, 2.75) is 56.0 Å². The summed E-state index contributed by atoms with van der Waals surface area (Å²) in [5, 5.41) is 13.5. The SMILES string of the molecule is Cc1cc2nnc(SCCC(=O)Nc3ccc(S(=O)(=O)N4CCCCCC4)cc3)n2c2c(C)cccc12. The number of pyridine rings is 1. The molecule has 194 valence electrons. The van der Waals surface area contributed by atoms with Crippen LogP contribution in [-0.4, -0.2) is 52.1 Å². The topological polar surface area (TPSA) is 96.7 Å². The van der Waals surface area contributed by atoms with Crippen LogP contribution < -0.4 is 5.32 Å². The number of aryl methyl sites for hydroxylation is 2. The van der Waals surface area contributed by atoms with Gasteiger partial charge in [0.05, 0.1) is 10.4 Å². The first-order valence-electron chi connectivity index (χ1n) is 12.6. The van der Waals surface area contributed by atoms with Crippen molar-refractivity contribution in [3.63, 3.8) is 0 Å². The molecule has 8 nitrogen and oxygen atoms in total. The number of hydrogen-bond donors (Lipinski definition) is 1. The van der Waals surface area contributed by atoms with Gasteiger partial charge in [-0.2, -0.15) is 4.31 Å². The first kappa shape index (κ1) is 25.7. The number of hydrogen-bond acceptors (Lipinski definition) is 6. The van der Waals surface area contributed by atoms with Crippen molar-refractivity contribution in [1.82, 2.24) is 18.9 Å². The predicted molar refractivity (Wildman–Crippen MR) is 148 cm³/mol. The first-order chi connectivity index (χ1) is 17.8. The van der Waals surface area contributed by atoms with Crippen LogP contribution in [0.25, 0.3) is 16.6 Å². The van der Waals surface area contributed by atoms with E-state index in [2.05, 4.69) is 52.0 Å². The summed E-state index contributed by atoms with van der Waals surface area (Å²) in [6.07, 6.45) is 4.21. The summed E-state index contributed by atoms with van der Waals surface area (Å²) in [6, 6.07) is 14.7. The fraction of sp³-hybridized carbons (Fsp3) is 0.370. The summed E-state index contributed by atoms with van der Waals surface area (Å²) in [7, 11) is -3.51. The monoisotopic (exact) mass is 537 g/mol. The second kappa shape index (κ2) is 10.8. The van der Waals surface area contributed by atoms with E-state index in [0.717, 1.165) is 58.5 Å². The van der Waals surface area contributed by atoms with Crippen LogP contribution in [0.15, 0.2) is 58.6 Å². The second-order valence-electron chi connectivity index (χ2n) is 9.46. The number of thioether (sulfide) groups is 1. The number of benzene rings is 2. The molecule has 1 aliphatic rings. The summed E-state index contributed by atoms with van der Waals surface area (Å²) < 4.78 is 29.6. The molecule has 0 spiro atoms. The largest absolute Gasteiger partial charge is 0.326 e. The number of carbonyl (C=O) groups is 1. The van der Waals surface area contributed by atoms with E-state index in [9.17, 15) is 13.2 Å². The van der Waals surface area contributed by atoms with Crippen molar-refractivity contribution in [2.24, 2.45) is 0 Å².